The highest BCUT2D eigenvalue weighted by molar-refractivity contribution is 7.98. The Morgan fingerprint density at radius 3 is 2.86 bits per heavy atom. The predicted molar refractivity (Wildman–Crippen MR) is 65.8 cm³/mol. The molecule has 1 heterocycles. The number of thioether (sulfide) groups is 1. The van der Waals surface area contributed by atoms with Crippen molar-refractivity contribution in [2.75, 3.05) is 31.6 Å². The van der Waals surface area contributed by atoms with Gasteiger partial charge in [-0.25, -0.2) is 0 Å². The van der Waals surface area contributed by atoms with Crippen molar-refractivity contribution >= 4 is 11.8 Å². The van der Waals surface area contributed by atoms with Gasteiger partial charge in [0.1, 0.15) is 0 Å². The van der Waals surface area contributed by atoms with Gasteiger partial charge in [0.2, 0.25) is 0 Å². The summed E-state index contributed by atoms with van der Waals surface area (Å²) in [6.07, 6.45) is 6.20. The van der Waals surface area contributed by atoms with Crippen LogP contribution < -0.4 is 5.73 Å². The van der Waals surface area contributed by atoms with Crippen LogP contribution in [-0.2, 0) is 0 Å². The van der Waals surface area contributed by atoms with Crippen molar-refractivity contribution in [1.29, 1.82) is 0 Å². The van der Waals surface area contributed by atoms with Gasteiger partial charge in [-0.05, 0) is 31.6 Å². The van der Waals surface area contributed by atoms with Gasteiger partial charge in [0.25, 0.3) is 0 Å². The van der Waals surface area contributed by atoms with Crippen molar-refractivity contribution in [3.8, 4) is 0 Å². The molecule has 0 bridgehead atoms. The Morgan fingerprint density at radius 2 is 2.29 bits per heavy atom. The Kier molecular flexibility index (Phi) is 5.90. The van der Waals surface area contributed by atoms with Gasteiger partial charge in [-0.1, -0.05) is 13.3 Å². The Bertz CT molecular complexity index is 152. The average molecular weight is 216 g/mol. The van der Waals surface area contributed by atoms with E-state index in [1.807, 2.05) is 11.8 Å². The Hall–Kier alpha value is 0.270. The molecule has 0 aromatic heterocycles. The zero-order valence-electron chi connectivity index (χ0n) is 9.54. The van der Waals surface area contributed by atoms with E-state index < -0.39 is 0 Å². The Balaban J connectivity index is 2.35. The van der Waals surface area contributed by atoms with E-state index in [1.54, 1.807) is 0 Å². The van der Waals surface area contributed by atoms with Gasteiger partial charge < -0.3 is 5.73 Å². The fourth-order valence-electron chi connectivity index (χ4n) is 2.30. The molecule has 14 heavy (non-hydrogen) atoms. The highest BCUT2D eigenvalue weighted by atomic mass is 32.2. The number of hydrogen-bond donors (Lipinski definition) is 1. The molecular formula is C11H24N2S. The summed E-state index contributed by atoms with van der Waals surface area (Å²) in [5.74, 6) is 2.17. The molecule has 1 saturated heterocycles. The lowest BCUT2D eigenvalue weighted by atomic mass is 9.89. The summed E-state index contributed by atoms with van der Waals surface area (Å²) in [6.45, 7) is 5.63. The molecule has 0 spiro atoms. The van der Waals surface area contributed by atoms with Gasteiger partial charge in [-0.2, -0.15) is 11.8 Å². The molecule has 2 nitrogen and oxygen atoms in total. The zero-order valence-corrected chi connectivity index (χ0v) is 10.4. The second-order valence-electron chi connectivity index (χ2n) is 4.22. The fraction of sp³-hybridized carbons (Fsp3) is 1.00. The van der Waals surface area contributed by atoms with Crippen LogP contribution in [0.3, 0.4) is 0 Å². The lowest BCUT2D eigenvalue weighted by Gasteiger charge is -2.38. The SMILES string of the molecule is CCC1CCN(CCSC)C(CN)C1. The summed E-state index contributed by atoms with van der Waals surface area (Å²) >= 11 is 1.93. The highest BCUT2D eigenvalue weighted by Crippen LogP contribution is 2.24. The number of piperidine rings is 1. The second-order valence-corrected chi connectivity index (χ2v) is 5.20. The van der Waals surface area contributed by atoms with Crippen LogP contribution in [0.1, 0.15) is 26.2 Å². The molecule has 2 N–H and O–H groups in total. The van der Waals surface area contributed by atoms with Gasteiger partial charge in [0, 0.05) is 24.9 Å². The van der Waals surface area contributed by atoms with Crippen molar-refractivity contribution in [2.45, 2.75) is 32.2 Å². The fourth-order valence-corrected chi connectivity index (χ4v) is 2.72. The molecule has 1 rings (SSSR count). The maximum absolute atomic E-state index is 5.83. The maximum Gasteiger partial charge on any atom is 0.0221 e. The van der Waals surface area contributed by atoms with Crippen LogP contribution in [0.4, 0.5) is 0 Å². The van der Waals surface area contributed by atoms with E-state index in [2.05, 4.69) is 18.1 Å². The van der Waals surface area contributed by atoms with Gasteiger partial charge >= 0.3 is 0 Å². The molecule has 84 valence electrons. The molecule has 0 aliphatic carbocycles. The minimum absolute atomic E-state index is 0.654. The van der Waals surface area contributed by atoms with Crippen LogP contribution in [0.2, 0.25) is 0 Å². The lowest BCUT2D eigenvalue weighted by Crippen LogP contribution is -2.47. The molecule has 3 heteroatoms. The van der Waals surface area contributed by atoms with E-state index in [0.717, 1.165) is 12.5 Å². The van der Waals surface area contributed by atoms with Crippen molar-refractivity contribution in [3.63, 3.8) is 0 Å². The molecule has 0 amide bonds. The van der Waals surface area contributed by atoms with E-state index >= 15 is 0 Å². The molecule has 1 fully saturated rings. The third-order valence-corrected chi connectivity index (χ3v) is 3.97. The van der Waals surface area contributed by atoms with Crippen LogP contribution in [-0.4, -0.2) is 42.6 Å². The van der Waals surface area contributed by atoms with E-state index in [0.29, 0.717) is 6.04 Å². The van der Waals surface area contributed by atoms with Crippen LogP contribution in [0.15, 0.2) is 0 Å². The largest absolute Gasteiger partial charge is 0.329 e. The normalized spacial score (nSPS) is 29.4. The third kappa shape index (κ3) is 3.44. The topological polar surface area (TPSA) is 29.3 Å². The maximum atomic E-state index is 5.83. The van der Waals surface area contributed by atoms with Crippen LogP contribution in [0.5, 0.6) is 0 Å². The molecule has 2 atom stereocenters. The summed E-state index contributed by atoms with van der Waals surface area (Å²) in [7, 11) is 0. The first kappa shape index (κ1) is 12.3. The first-order valence-corrected chi connectivity index (χ1v) is 7.14. The summed E-state index contributed by atoms with van der Waals surface area (Å²) in [5.41, 5.74) is 5.83. The molecule has 0 saturated carbocycles. The molecular weight excluding hydrogens is 192 g/mol. The van der Waals surface area contributed by atoms with Crippen LogP contribution >= 0.6 is 11.8 Å². The van der Waals surface area contributed by atoms with E-state index in [4.69, 9.17) is 5.73 Å². The van der Waals surface area contributed by atoms with Crippen molar-refractivity contribution in [2.24, 2.45) is 11.7 Å². The molecule has 1 aliphatic heterocycles. The quantitative estimate of drug-likeness (QED) is 0.760. The summed E-state index contributed by atoms with van der Waals surface area (Å²) in [4.78, 5) is 2.59. The van der Waals surface area contributed by atoms with Crippen molar-refractivity contribution in [1.82, 2.24) is 4.90 Å². The summed E-state index contributed by atoms with van der Waals surface area (Å²) < 4.78 is 0. The lowest BCUT2D eigenvalue weighted by molar-refractivity contribution is 0.122. The van der Waals surface area contributed by atoms with Crippen molar-refractivity contribution in [3.05, 3.63) is 0 Å². The minimum Gasteiger partial charge on any atom is -0.329 e. The predicted octanol–water partition coefficient (Wildman–Crippen LogP) is 1.80. The number of rotatable bonds is 5. The Labute approximate surface area is 92.6 Å². The van der Waals surface area contributed by atoms with Crippen molar-refractivity contribution < 1.29 is 0 Å². The zero-order chi connectivity index (χ0) is 10.4. The van der Waals surface area contributed by atoms with Gasteiger partial charge in [-0.15, -0.1) is 0 Å². The first-order chi connectivity index (χ1) is 6.81. The standard InChI is InChI=1S/C11H24N2S/c1-3-10-4-5-13(6-7-14-2)11(8-10)9-12/h10-11H,3-9,12H2,1-2H3. The molecule has 0 aromatic carbocycles. The van der Waals surface area contributed by atoms with E-state index in [1.165, 1.54) is 38.1 Å². The first-order valence-electron chi connectivity index (χ1n) is 5.74. The number of nitrogens with two attached hydrogens (primary N) is 1. The molecule has 1 aliphatic rings. The summed E-state index contributed by atoms with van der Waals surface area (Å²) in [5, 5.41) is 0. The monoisotopic (exact) mass is 216 g/mol. The second kappa shape index (κ2) is 6.70. The minimum atomic E-state index is 0.654. The average Bonchev–Trinajstić information content (AvgIpc) is 2.26. The smallest absolute Gasteiger partial charge is 0.0221 e. The van der Waals surface area contributed by atoms with E-state index in [9.17, 15) is 0 Å². The number of likely N-dealkylation sites (tertiary alicyclic amines) is 1. The van der Waals surface area contributed by atoms with Gasteiger partial charge in [0.15, 0.2) is 0 Å². The Morgan fingerprint density at radius 1 is 1.50 bits per heavy atom. The molecule has 2 unspecified atom stereocenters. The van der Waals surface area contributed by atoms with Crippen LogP contribution in [0, 0.1) is 5.92 Å². The molecule has 0 radical (unpaired) electrons. The summed E-state index contributed by atoms with van der Waals surface area (Å²) in [6, 6.07) is 0.654. The van der Waals surface area contributed by atoms with Gasteiger partial charge in [-0.3, -0.25) is 4.90 Å². The number of hydrogen-bond acceptors (Lipinski definition) is 3. The number of nitrogens with zero attached hydrogens (tertiary/aromatic N) is 1. The van der Waals surface area contributed by atoms with Gasteiger partial charge in [0.05, 0.1) is 0 Å². The highest BCUT2D eigenvalue weighted by Gasteiger charge is 2.25. The molecule has 0 aromatic rings. The third-order valence-electron chi connectivity index (χ3n) is 3.38. The van der Waals surface area contributed by atoms with Crippen LogP contribution in [0.25, 0.3) is 0 Å². The van der Waals surface area contributed by atoms with E-state index in [-0.39, 0.29) is 0 Å².